The molecule has 13 heavy (non-hydrogen) atoms. The molecule has 4 nitrogen and oxygen atoms in total. The summed E-state index contributed by atoms with van der Waals surface area (Å²) in [6.07, 6.45) is 1.38. The Morgan fingerprint density at radius 3 is 2.69 bits per heavy atom. The van der Waals surface area contributed by atoms with Crippen LogP contribution in [0.25, 0.3) is 0 Å². The third-order valence-electron chi connectivity index (χ3n) is 1.27. The van der Waals surface area contributed by atoms with Gasteiger partial charge >= 0.3 is 0 Å². The number of nitrogens with zero attached hydrogens (tertiary/aromatic N) is 1. The minimum atomic E-state index is -3.72. The molecule has 0 aromatic carbocycles. The standard InChI is InChI=1S/C6H5ClINO3S/c1-12-6-2-5(13(7,10)11)4(8)3-9-6/h2-3H,1H3. The minimum absolute atomic E-state index is 0.0154. The lowest BCUT2D eigenvalue weighted by molar-refractivity contribution is 0.396. The van der Waals surface area contributed by atoms with E-state index >= 15 is 0 Å². The number of rotatable bonds is 2. The molecular formula is C6H5ClINO3S. The first-order valence-corrected chi connectivity index (χ1v) is 6.48. The molecule has 0 atom stereocenters. The van der Waals surface area contributed by atoms with Crippen LogP contribution in [0.4, 0.5) is 0 Å². The van der Waals surface area contributed by atoms with Crippen LogP contribution in [0.2, 0.25) is 0 Å². The maximum absolute atomic E-state index is 11.0. The molecule has 7 heteroatoms. The first-order valence-electron chi connectivity index (χ1n) is 3.09. The molecule has 0 amide bonds. The van der Waals surface area contributed by atoms with Crippen LogP contribution in [0.15, 0.2) is 17.2 Å². The van der Waals surface area contributed by atoms with Gasteiger partial charge in [0.1, 0.15) is 4.90 Å². The van der Waals surface area contributed by atoms with E-state index in [0.29, 0.717) is 3.57 Å². The van der Waals surface area contributed by atoms with Gasteiger partial charge in [-0.25, -0.2) is 13.4 Å². The second kappa shape index (κ2) is 3.97. The van der Waals surface area contributed by atoms with E-state index in [2.05, 4.69) is 4.98 Å². The van der Waals surface area contributed by atoms with Crippen LogP contribution in [-0.2, 0) is 9.05 Å². The Balaban J connectivity index is 3.36. The summed E-state index contributed by atoms with van der Waals surface area (Å²) in [5.74, 6) is 0.222. The molecule has 0 saturated heterocycles. The lowest BCUT2D eigenvalue weighted by Crippen LogP contribution is -1.97. The number of ether oxygens (including phenoxy) is 1. The van der Waals surface area contributed by atoms with Crippen molar-refractivity contribution in [1.82, 2.24) is 4.98 Å². The molecule has 0 bridgehead atoms. The van der Waals surface area contributed by atoms with Crippen LogP contribution in [0.1, 0.15) is 0 Å². The molecule has 1 rings (SSSR count). The normalized spacial score (nSPS) is 11.3. The van der Waals surface area contributed by atoms with Crippen molar-refractivity contribution >= 4 is 42.3 Å². The van der Waals surface area contributed by atoms with E-state index in [1.807, 2.05) is 22.6 Å². The summed E-state index contributed by atoms with van der Waals surface area (Å²) in [5, 5.41) is 0. The molecule has 1 aromatic rings. The number of halogens is 2. The fraction of sp³-hybridized carbons (Fsp3) is 0.167. The molecule has 0 N–H and O–H groups in total. The molecule has 0 radical (unpaired) electrons. The summed E-state index contributed by atoms with van der Waals surface area (Å²) in [4.78, 5) is 3.83. The zero-order valence-corrected chi connectivity index (χ0v) is 10.2. The van der Waals surface area contributed by atoms with Crippen LogP contribution in [-0.4, -0.2) is 20.5 Å². The zero-order chi connectivity index (χ0) is 10.1. The molecule has 0 saturated carbocycles. The van der Waals surface area contributed by atoms with E-state index in [9.17, 15) is 8.42 Å². The van der Waals surface area contributed by atoms with E-state index in [-0.39, 0.29) is 10.8 Å². The predicted molar refractivity (Wildman–Crippen MR) is 56.5 cm³/mol. The van der Waals surface area contributed by atoms with Gasteiger partial charge in [-0.05, 0) is 22.6 Å². The first kappa shape index (κ1) is 11.0. The SMILES string of the molecule is COc1cc(S(=O)(=O)Cl)c(I)cn1. The smallest absolute Gasteiger partial charge is 0.262 e. The van der Waals surface area contributed by atoms with Gasteiger partial charge in [-0.2, -0.15) is 0 Å². The molecule has 0 fully saturated rings. The van der Waals surface area contributed by atoms with Gasteiger partial charge in [-0.15, -0.1) is 0 Å². The van der Waals surface area contributed by atoms with E-state index in [0.717, 1.165) is 0 Å². The fourth-order valence-electron chi connectivity index (χ4n) is 0.701. The van der Waals surface area contributed by atoms with Crippen LogP contribution in [0.5, 0.6) is 5.88 Å². The average molecular weight is 334 g/mol. The van der Waals surface area contributed by atoms with Crippen molar-refractivity contribution in [3.05, 3.63) is 15.8 Å². The zero-order valence-electron chi connectivity index (χ0n) is 6.49. The topological polar surface area (TPSA) is 56.3 Å². The maximum Gasteiger partial charge on any atom is 0.262 e. The lowest BCUT2D eigenvalue weighted by atomic mass is 10.5. The van der Waals surface area contributed by atoms with Gasteiger partial charge in [0.05, 0.1) is 10.7 Å². The Kier molecular flexibility index (Phi) is 3.36. The number of pyridine rings is 1. The van der Waals surface area contributed by atoms with Crippen molar-refractivity contribution in [2.24, 2.45) is 0 Å². The highest BCUT2D eigenvalue weighted by Gasteiger charge is 2.15. The Bertz CT molecular complexity index is 420. The molecule has 1 heterocycles. The summed E-state index contributed by atoms with van der Waals surface area (Å²) in [6.45, 7) is 0. The summed E-state index contributed by atoms with van der Waals surface area (Å²) >= 11 is 1.84. The van der Waals surface area contributed by atoms with Crippen molar-refractivity contribution < 1.29 is 13.2 Å². The monoisotopic (exact) mass is 333 g/mol. The largest absolute Gasteiger partial charge is 0.481 e. The third kappa shape index (κ3) is 2.68. The Morgan fingerprint density at radius 1 is 1.62 bits per heavy atom. The highest BCUT2D eigenvalue weighted by atomic mass is 127. The van der Waals surface area contributed by atoms with E-state index in [1.54, 1.807) is 0 Å². The Labute approximate surface area is 93.8 Å². The number of hydrogen-bond donors (Lipinski definition) is 0. The van der Waals surface area contributed by atoms with Gasteiger partial charge in [0, 0.05) is 22.9 Å². The van der Waals surface area contributed by atoms with Gasteiger partial charge in [0.15, 0.2) is 0 Å². The Morgan fingerprint density at radius 2 is 2.23 bits per heavy atom. The third-order valence-corrected chi connectivity index (χ3v) is 3.85. The van der Waals surface area contributed by atoms with Crippen LogP contribution in [0, 0.1) is 3.57 Å². The predicted octanol–water partition coefficient (Wildman–Crippen LogP) is 1.62. The van der Waals surface area contributed by atoms with Crippen LogP contribution in [0.3, 0.4) is 0 Å². The lowest BCUT2D eigenvalue weighted by Gasteiger charge is -2.02. The molecule has 0 aliphatic heterocycles. The highest BCUT2D eigenvalue weighted by Crippen LogP contribution is 2.23. The van der Waals surface area contributed by atoms with E-state index in [4.69, 9.17) is 15.4 Å². The molecule has 0 aliphatic rings. The summed E-state index contributed by atoms with van der Waals surface area (Å²) in [6, 6.07) is 1.28. The van der Waals surface area contributed by atoms with E-state index in [1.165, 1.54) is 19.4 Å². The molecular weight excluding hydrogens is 328 g/mol. The van der Waals surface area contributed by atoms with Gasteiger partial charge in [0.2, 0.25) is 5.88 Å². The van der Waals surface area contributed by atoms with Gasteiger partial charge in [-0.3, -0.25) is 0 Å². The van der Waals surface area contributed by atoms with Crippen molar-refractivity contribution in [1.29, 1.82) is 0 Å². The molecule has 0 aliphatic carbocycles. The van der Waals surface area contributed by atoms with Gasteiger partial charge in [-0.1, -0.05) is 0 Å². The van der Waals surface area contributed by atoms with Gasteiger partial charge in [0.25, 0.3) is 9.05 Å². The first-order chi connectivity index (χ1) is 5.95. The average Bonchev–Trinajstić information content (AvgIpc) is 2.03. The molecule has 0 spiro atoms. The molecule has 1 aromatic heterocycles. The second-order valence-electron chi connectivity index (χ2n) is 2.09. The Hall–Kier alpha value is -0.0800. The summed E-state index contributed by atoms with van der Waals surface area (Å²) < 4.78 is 27.2. The summed E-state index contributed by atoms with van der Waals surface area (Å²) in [7, 11) is 2.86. The molecule has 72 valence electrons. The number of methoxy groups -OCH3 is 1. The quantitative estimate of drug-likeness (QED) is 0.610. The van der Waals surface area contributed by atoms with Crippen LogP contribution >= 0.6 is 33.3 Å². The van der Waals surface area contributed by atoms with Crippen molar-refractivity contribution in [3.63, 3.8) is 0 Å². The second-order valence-corrected chi connectivity index (χ2v) is 5.79. The maximum atomic E-state index is 11.0. The number of hydrogen-bond acceptors (Lipinski definition) is 4. The van der Waals surface area contributed by atoms with Crippen molar-refractivity contribution in [2.75, 3.05) is 7.11 Å². The van der Waals surface area contributed by atoms with Crippen LogP contribution < -0.4 is 4.74 Å². The minimum Gasteiger partial charge on any atom is -0.481 e. The van der Waals surface area contributed by atoms with Crippen molar-refractivity contribution in [3.8, 4) is 5.88 Å². The summed E-state index contributed by atoms with van der Waals surface area (Å²) in [5.41, 5.74) is 0. The molecule has 0 unspecified atom stereocenters. The fourth-order valence-corrected chi connectivity index (χ4v) is 3.17. The van der Waals surface area contributed by atoms with E-state index < -0.39 is 9.05 Å². The highest BCUT2D eigenvalue weighted by molar-refractivity contribution is 14.1. The number of aromatic nitrogens is 1. The van der Waals surface area contributed by atoms with Gasteiger partial charge < -0.3 is 4.74 Å². The van der Waals surface area contributed by atoms with Crippen molar-refractivity contribution in [2.45, 2.75) is 4.90 Å².